The van der Waals surface area contributed by atoms with Gasteiger partial charge < -0.3 is 10.5 Å². The fraction of sp³-hybridized carbons (Fsp3) is 0.455. The van der Waals surface area contributed by atoms with Crippen LogP contribution >= 0.6 is 15.9 Å². The van der Waals surface area contributed by atoms with E-state index < -0.39 is 12.5 Å². The van der Waals surface area contributed by atoms with Crippen molar-refractivity contribution < 1.29 is 13.5 Å². The molecule has 0 saturated heterocycles. The lowest BCUT2D eigenvalue weighted by molar-refractivity contribution is 0.128. The Kier molecular flexibility index (Phi) is 5.15. The van der Waals surface area contributed by atoms with Crippen LogP contribution in [0.15, 0.2) is 22.7 Å². The summed E-state index contributed by atoms with van der Waals surface area (Å²) in [7, 11) is 0. The molecule has 0 spiro atoms. The van der Waals surface area contributed by atoms with Crippen molar-refractivity contribution in [3.05, 3.63) is 28.2 Å². The molecule has 0 fully saturated rings. The number of ether oxygens (including phenoxy) is 1. The van der Waals surface area contributed by atoms with Gasteiger partial charge in [-0.1, -0.05) is 15.9 Å². The minimum absolute atomic E-state index is 0.365. The first-order chi connectivity index (χ1) is 7.54. The van der Waals surface area contributed by atoms with Crippen molar-refractivity contribution in [1.29, 1.82) is 0 Å². The van der Waals surface area contributed by atoms with E-state index in [4.69, 9.17) is 10.5 Å². The zero-order chi connectivity index (χ0) is 12.1. The summed E-state index contributed by atoms with van der Waals surface area (Å²) in [6.07, 6.45) is -2.78. The van der Waals surface area contributed by atoms with Crippen molar-refractivity contribution in [2.24, 2.45) is 5.73 Å². The van der Waals surface area contributed by atoms with Crippen molar-refractivity contribution in [3.8, 4) is 5.75 Å². The van der Waals surface area contributed by atoms with Gasteiger partial charge in [0.2, 0.25) is 6.43 Å². The Morgan fingerprint density at radius 3 is 2.69 bits per heavy atom. The number of nitrogens with two attached hydrogens (primary N) is 1. The number of hydrogen-bond donors (Lipinski definition) is 1. The molecule has 1 rings (SSSR count). The smallest absolute Gasteiger partial charge is 0.240 e. The molecule has 2 N–H and O–H groups in total. The first-order valence-electron chi connectivity index (χ1n) is 5.00. The molecule has 1 atom stereocenters. The van der Waals surface area contributed by atoms with Crippen molar-refractivity contribution >= 4 is 15.9 Å². The minimum Gasteiger partial charge on any atom is -0.494 e. The quantitative estimate of drug-likeness (QED) is 0.902. The Bertz CT molecular complexity index is 347. The Morgan fingerprint density at radius 1 is 1.44 bits per heavy atom. The highest BCUT2D eigenvalue weighted by Gasteiger charge is 2.17. The third-order valence-electron chi connectivity index (χ3n) is 2.10. The molecular weight excluding hydrogens is 280 g/mol. The molecule has 1 aromatic rings. The maximum Gasteiger partial charge on any atom is 0.240 e. The lowest BCUT2D eigenvalue weighted by atomic mass is 10.0. The lowest BCUT2D eigenvalue weighted by Crippen LogP contribution is -2.15. The summed E-state index contributed by atoms with van der Waals surface area (Å²) in [6, 6.07) is 4.54. The van der Waals surface area contributed by atoms with Gasteiger partial charge in [0.1, 0.15) is 5.75 Å². The Balaban J connectivity index is 2.94. The standard InChI is InChI=1S/C11H14BrF2NO/c1-2-16-10-4-3-7(12)5-8(10)9(15)6-11(13)14/h3-5,9,11H,2,6,15H2,1H3/t9-/m1/s1. The molecule has 0 aromatic heterocycles. The van der Waals surface area contributed by atoms with Crippen LogP contribution in [0, 0.1) is 0 Å². The van der Waals surface area contributed by atoms with E-state index in [1.165, 1.54) is 0 Å². The normalized spacial score (nSPS) is 12.9. The van der Waals surface area contributed by atoms with Gasteiger partial charge in [0.25, 0.3) is 0 Å². The van der Waals surface area contributed by atoms with Crippen molar-refractivity contribution in [2.45, 2.75) is 25.8 Å². The van der Waals surface area contributed by atoms with Gasteiger partial charge in [-0.3, -0.25) is 0 Å². The molecule has 0 saturated carbocycles. The summed E-state index contributed by atoms with van der Waals surface area (Å²) in [4.78, 5) is 0. The van der Waals surface area contributed by atoms with Gasteiger partial charge >= 0.3 is 0 Å². The Hall–Kier alpha value is -0.680. The van der Waals surface area contributed by atoms with Crippen LogP contribution in [0.25, 0.3) is 0 Å². The monoisotopic (exact) mass is 293 g/mol. The molecule has 5 heteroatoms. The average molecular weight is 294 g/mol. The maximum atomic E-state index is 12.3. The average Bonchev–Trinajstić information content (AvgIpc) is 2.20. The van der Waals surface area contributed by atoms with Crippen molar-refractivity contribution in [2.75, 3.05) is 6.61 Å². The summed E-state index contributed by atoms with van der Waals surface area (Å²) in [5.41, 5.74) is 6.32. The summed E-state index contributed by atoms with van der Waals surface area (Å²) >= 11 is 3.28. The van der Waals surface area contributed by atoms with Gasteiger partial charge in [0, 0.05) is 22.5 Å². The molecule has 0 radical (unpaired) electrons. The van der Waals surface area contributed by atoms with Crippen LogP contribution in [0.3, 0.4) is 0 Å². The Morgan fingerprint density at radius 2 is 2.12 bits per heavy atom. The molecule has 0 aliphatic heterocycles. The highest BCUT2D eigenvalue weighted by molar-refractivity contribution is 9.10. The SMILES string of the molecule is CCOc1ccc(Br)cc1[C@H](N)CC(F)F. The zero-order valence-corrected chi connectivity index (χ0v) is 10.5. The molecular formula is C11H14BrF2NO. The van der Waals surface area contributed by atoms with Gasteiger partial charge in [-0.2, -0.15) is 0 Å². The van der Waals surface area contributed by atoms with Crippen molar-refractivity contribution in [3.63, 3.8) is 0 Å². The van der Waals surface area contributed by atoms with Crippen LogP contribution in [-0.2, 0) is 0 Å². The zero-order valence-electron chi connectivity index (χ0n) is 8.92. The number of halogens is 3. The maximum absolute atomic E-state index is 12.3. The number of benzene rings is 1. The third kappa shape index (κ3) is 3.72. The molecule has 0 unspecified atom stereocenters. The van der Waals surface area contributed by atoms with Crippen LogP contribution in [0.4, 0.5) is 8.78 Å². The van der Waals surface area contributed by atoms with E-state index in [1.54, 1.807) is 18.2 Å². The van der Waals surface area contributed by atoms with Gasteiger partial charge in [-0.05, 0) is 25.1 Å². The van der Waals surface area contributed by atoms with Crippen molar-refractivity contribution in [1.82, 2.24) is 0 Å². The molecule has 1 aromatic carbocycles. The summed E-state index contributed by atoms with van der Waals surface area (Å²) < 4.78 is 30.7. The van der Waals surface area contributed by atoms with Gasteiger partial charge in [-0.15, -0.1) is 0 Å². The highest BCUT2D eigenvalue weighted by atomic mass is 79.9. The predicted molar refractivity (Wildman–Crippen MR) is 62.9 cm³/mol. The first-order valence-corrected chi connectivity index (χ1v) is 5.79. The van der Waals surface area contributed by atoms with Crippen LogP contribution in [-0.4, -0.2) is 13.0 Å². The molecule has 0 amide bonds. The Labute approximate surface area is 102 Å². The van der Waals surface area contributed by atoms with E-state index in [0.29, 0.717) is 17.9 Å². The summed E-state index contributed by atoms with van der Waals surface area (Å²) in [5.74, 6) is 0.568. The van der Waals surface area contributed by atoms with Crippen LogP contribution in [0.1, 0.15) is 24.9 Å². The van der Waals surface area contributed by atoms with Gasteiger partial charge in [0.15, 0.2) is 0 Å². The number of alkyl halides is 2. The fourth-order valence-electron chi connectivity index (χ4n) is 1.41. The summed E-state index contributed by atoms with van der Waals surface area (Å²) in [5, 5.41) is 0. The predicted octanol–water partition coefficient (Wildman–Crippen LogP) is 3.50. The second-order valence-electron chi connectivity index (χ2n) is 3.35. The van der Waals surface area contributed by atoms with E-state index in [1.807, 2.05) is 6.92 Å². The van der Waals surface area contributed by atoms with Gasteiger partial charge in [-0.25, -0.2) is 8.78 Å². The fourth-order valence-corrected chi connectivity index (χ4v) is 1.79. The highest BCUT2D eigenvalue weighted by Crippen LogP contribution is 2.30. The summed E-state index contributed by atoms with van der Waals surface area (Å²) in [6.45, 7) is 2.32. The van der Waals surface area contributed by atoms with Crippen LogP contribution < -0.4 is 10.5 Å². The molecule has 0 aliphatic carbocycles. The van der Waals surface area contributed by atoms with Crippen LogP contribution in [0.2, 0.25) is 0 Å². The number of hydrogen-bond acceptors (Lipinski definition) is 2. The third-order valence-corrected chi connectivity index (χ3v) is 2.60. The minimum atomic E-state index is -2.41. The van der Waals surface area contributed by atoms with E-state index in [0.717, 1.165) is 4.47 Å². The molecule has 90 valence electrons. The first kappa shape index (κ1) is 13.4. The molecule has 16 heavy (non-hydrogen) atoms. The lowest BCUT2D eigenvalue weighted by Gasteiger charge is -2.16. The molecule has 2 nitrogen and oxygen atoms in total. The van der Waals surface area contributed by atoms with Crippen LogP contribution in [0.5, 0.6) is 5.75 Å². The molecule has 0 bridgehead atoms. The number of rotatable bonds is 5. The van der Waals surface area contributed by atoms with E-state index in [-0.39, 0.29) is 6.42 Å². The molecule has 0 heterocycles. The molecule has 0 aliphatic rings. The van der Waals surface area contributed by atoms with E-state index in [2.05, 4.69) is 15.9 Å². The van der Waals surface area contributed by atoms with Gasteiger partial charge in [0.05, 0.1) is 6.61 Å². The topological polar surface area (TPSA) is 35.2 Å². The largest absolute Gasteiger partial charge is 0.494 e. The second-order valence-corrected chi connectivity index (χ2v) is 4.26. The second kappa shape index (κ2) is 6.15. The van der Waals surface area contributed by atoms with E-state index in [9.17, 15) is 8.78 Å². The van der Waals surface area contributed by atoms with E-state index >= 15 is 0 Å².